The van der Waals surface area contributed by atoms with Crippen molar-refractivity contribution in [1.29, 1.82) is 0 Å². The average molecular weight is 1970 g/mol. The lowest BCUT2D eigenvalue weighted by Crippen LogP contribution is -2.37. The number of anilines is 4. The molecule has 4 fully saturated rings. The predicted octanol–water partition coefficient (Wildman–Crippen LogP) is 20.3. The number of thiazole rings is 1. The molecule has 8 aromatic heterocycles. The third-order valence-corrected chi connectivity index (χ3v) is 27.6. The molecule has 4 saturated heterocycles. The molecule has 1 N–H and O–H groups in total. The molecule has 0 amide bonds. The minimum Gasteiger partial charge on any atom is -0.494 e. The zero-order valence-corrected chi connectivity index (χ0v) is 82.9. The van der Waals surface area contributed by atoms with Crippen molar-refractivity contribution in [3.8, 4) is 44.9 Å². The summed E-state index contributed by atoms with van der Waals surface area (Å²) >= 11 is 1.65. The molecule has 0 aliphatic carbocycles. The third-order valence-electron chi connectivity index (χ3n) is 26.6. The lowest BCUT2D eigenvalue weighted by atomic mass is 9.99. The lowest BCUT2D eigenvalue weighted by Gasteiger charge is -2.30. The second-order valence-electron chi connectivity index (χ2n) is 36.6. The fraction of sp³-hybridized carbons (Fsp3) is 0.321. The Labute approximate surface area is 839 Å². The topological polar surface area (TPSA) is 269 Å². The number of para-hydroxylation sites is 3. The van der Waals surface area contributed by atoms with Crippen molar-refractivity contribution < 1.29 is 56.4 Å². The number of hydrogen-bond acceptors (Lipinski definition) is 25. The third kappa shape index (κ3) is 24.7. The van der Waals surface area contributed by atoms with E-state index in [1.54, 1.807) is 84.3 Å². The molecule has 12 heterocycles. The fourth-order valence-corrected chi connectivity index (χ4v) is 20.6. The monoisotopic (exact) mass is 1960 g/mol. The lowest BCUT2D eigenvalue weighted by molar-refractivity contribution is -0.274. The zero-order chi connectivity index (χ0) is 100. The summed E-state index contributed by atoms with van der Waals surface area (Å²) in [5.74, 6) is 0.843. The number of halogens is 3. The Morgan fingerprint density at radius 3 is 1.24 bits per heavy atom. The van der Waals surface area contributed by atoms with Crippen LogP contribution in [-0.4, -0.2) is 234 Å². The number of nitrogens with zero attached hydrogens (tertiary/aromatic N) is 19. The van der Waals surface area contributed by atoms with Gasteiger partial charge < -0.3 is 43.7 Å². The Morgan fingerprint density at radius 2 is 0.792 bits per heavy atom. The van der Waals surface area contributed by atoms with Crippen molar-refractivity contribution in [2.75, 3.05) is 145 Å². The predicted molar refractivity (Wildman–Crippen MR) is 559 cm³/mol. The quantitative estimate of drug-likeness (QED) is 0.0469. The van der Waals surface area contributed by atoms with Crippen LogP contribution < -0.4 is 33.8 Å². The van der Waals surface area contributed by atoms with Crippen LogP contribution in [0.5, 0.6) is 17.2 Å². The number of hydrogen-bond donors (Lipinski definition) is 1. The number of pyridine rings is 4. The molecule has 4 atom stereocenters. The number of carbonyl (C=O) groups is 4. The van der Waals surface area contributed by atoms with Crippen molar-refractivity contribution in [2.24, 2.45) is 0 Å². The first-order chi connectivity index (χ1) is 70.1. The smallest absolute Gasteiger partial charge is 0.494 e. The number of carbonyl (C=O) groups excluding carboxylic acids is 3. The molecule has 8 aromatic carbocycles. The van der Waals surface area contributed by atoms with Crippen molar-refractivity contribution in [2.45, 2.75) is 110 Å². The summed E-state index contributed by atoms with van der Waals surface area (Å²) in [5, 5.41) is 31.5. The van der Waals surface area contributed by atoms with Gasteiger partial charge in [0.15, 0.2) is 11.8 Å². The van der Waals surface area contributed by atoms with E-state index in [-0.39, 0.29) is 60.2 Å². The summed E-state index contributed by atoms with van der Waals surface area (Å²) in [6.45, 7) is 21.4. The van der Waals surface area contributed by atoms with Crippen molar-refractivity contribution >= 4 is 101 Å². The van der Waals surface area contributed by atoms with Crippen LogP contribution in [-0.2, 0) is 23.9 Å². The minimum absolute atomic E-state index is 0.0197. The Bertz CT molecular complexity index is 7020. The van der Waals surface area contributed by atoms with E-state index in [9.17, 15) is 37.5 Å². The summed E-state index contributed by atoms with van der Waals surface area (Å²) in [6, 6.07) is 75.7. The number of ketones is 2. The number of benzene rings is 8. The van der Waals surface area contributed by atoms with Gasteiger partial charge >= 0.3 is 18.3 Å². The number of esters is 1. The van der Waals surface area contributed by atoms with Crippen molar-refractivity contribution in [3.63, 3.8) is 0 Å². The van der Waals surface area contributed by atoms with E-state index in [0.717, 1.165) is 193 Å². The Kier molecular flexibility index (Phi) is 33.1. The van der Waals surface area contributed by atoms with Gasteiger partial charge in [-0.05, 0) is 178 Å². The standard InChI is InChI=1S/C30H35N5O.C28H31N5O3.C28H30N4O2S.C26H24F3N5O3/c1-22(2)25-20-24-9-7-13-31-30(24)29(21-25)34-15-8-14-33(17-18-34)28(19-23(3)36)27-12-16-35(32-27)26-10-5-4-6-11-26;1-21(34)36-20-25(24-13-17-33(30-24)23-9-4-3-5-10-23)31-15-7-16-32(19-18-31)28-26(35-2)12-11-22-8-6-14-29-27(22)28;1-20(33)18-24(23-19-35-28(30-23)22-8-4-3-5-9-22)31-14-7-15-32(17-16-31)27-25(34-2)12-11-21-10-6-13-29-26(21)27;27-26(28,29)37-21-10-9-18-6-4-12-30-22(18)24(21)33-14-5-13-32(16-17-33)23(25(35)36)20-11-15-34(31-20)19-7-2-1-3-8-19/h4-7,9-13,16,20-22,28H,8,14-15,17-19H2,1-3H3;3-6,8-14,17,25H,7,15-16,18-20H2,1-2H3;3-6,8-13,19,24H,7,14-18H2,1-2H3;1-4,6-12,15,23H,5,13-14,16-17H2,(H,35,36). The molecule has 0 saturated carbocycles. The highest BCUT2D eigenvalue weighted by molar-refractivity contribution is 7.13. The molecule has 28 nitrogen and oxygen atoms in total. The van der Waals surface area contributed by atoms with E-state index in [0.29, 0.717) is 61.4 Å². The summed E-state index contributed by atoms with van der Waals surface area (Å²) in [7, 11) is 3.42. The fourth-order valence-electron chi connectivity index (χ4n) is 19.7. The van der Waals surface area contributed by atoms with Gasteiger partial charge in [0.25, 0.3) is 0 Å². The summed E-state index contributed by atoms with van der Waals surface area (Å²) in [5.41, 5.74) is 15.4. The van der Waals surface area contributed by atoms with Gasteiger partial charge in [-0.2, -0.15) is 15.3 Å². The van der Waals surface area contributed by atoms with Gasteiger partial charge in [-0.1, -0.05) is 123 Å². The molecule has 0 bridgehead atoms. The highest BCUT2D eigenvalue weighted by atomic mass is 32.1. The van der Waals surface area contributed by atoms with E-state index in [4.69, 9.17) is 34.4 Å². The first-order valence-corrected chi connectivity index (χ1v) is 50.0. The van der Waals surface area contributed by atoms with Crippen LogP contribution in [0, 0.1) is 0 Å². The van der Waals surface area contributed by atoms with Gasteiger partial charge in [0.1, 0.15) is 51.7 Å². The molecule has 20 rings (SSSR count). The molecule has 0 spiro atoms. The molecule has 4 aliphatic heterocycles. The second kappa shape index (κ2) is 47.4. The number of aromatic nitrogens is 11. The molecule has 144 heavy (non-hydrogen) atoms. The second-order valence-corrected chi connectivity index (χ2v) is 37.5. The summed E-state index contributed by atoms with van der Waals surface area (Å²) < 4.78 is 66.3. The number of Topliss-reactive ketones (excluding diaryl/α,β-unsaturated/α-hetero) is 2. The van der Waals surface area contributed by atoms with Crippen LogP contribution in [0.1, 0.15) is 132 Å². The highest BCUT2D eigenvalue weighted by Gasteiger charge is 2.38. The van der Waals surface area contributed by atoms with Crippen LogP contribution in [0.25, 0.3) is 71.2 Å². The Balaban J connectivity index is 0.000000132. The Hall–Kier alpha value is -14.8. The van der Waals surface area contributed by atoms with Gasteiger partial charge in [-0.3, -0.25) is 58.7 Å². The number of rotatable bonds is 27. The van der Waals surface area contributed by atoms with E-state index in [2.05, 4.69) is 128 Å². The number of fused-ring (bicyclic) bond motifs is 4. The first-order valence-electron chi connectivity index (χ1n) is 49.1. The molecular formula is C112H120F3N19O9S. The van der Waals surface area contributed by atoms with Crippen LogP contribution in [0.3, 0.4) is 0 Å². The van der Waals surface area contributed by atoms with Crippen LogP contribution in [0.4, 0.5) is 35.9 Å². The minimum atomic E-state index is -4.86. The van der Waals surface area contributed by atoms with Gasteiger partial charge in [0.05, 0.1) is 99.9 Å². The van der Waals surface area contributed by atoms with Gasteiger partial charge in [-0.15, -0.1) is 24.5 Å². The molecule has 0 radical (unpaired) electrons. The SMILES string of the molecule is CC(=O)CC(c1ccn(-c2ccccc2)n1)N1CCCN(c2cc(C(C)C)cc3cccnc23)CC1.COc1ccc2cccnc2c1N1CCCN(C(CC(C)=O)c2csc(-c3ccccc3)n2)CC1.COc1ccc2cccnc2c1N1CCCN(C(COC(C)=O)c2ccn(-c3ccccc3)n2)CC1.O=C(O)C(c1ccn(-c2ccccc2)n1)N1CCCN(c2c(OC(F)(F)F)ccc3cccnc23)CC1. The van der Waals surface area contributed by atoms with Gasteiger partial charge in [0.2, 0.25) is 0 Å². The first kappa shape index (κ1) is 101. The molecule has 4 unspecified atom stereocenters. The molecule has 4 aliphatic rings. The molecule has 744 valence electrons. The van der Waals surface area contributed by atoms with E-state index in [1.807, 2.05) is 192 Å². The van der Waals surface area contributed by atoms with Gasteiger partial charge in [0, 0.05) is 200 Å². The van der Waals surface area contributed by atoms with Crippen molar-refractivity contribution in [1.82, 2.24) is 73.9 Å². The van der Waals surface area contributed by atoms with Gasteiger partial charge in [-0.25, -0.2) is 19.0 Å². The number of aliphatic carboxylic acids is 1. The van der Waals surface area contributed by atoms with E-state index in [1.165, 1.54) is 35.8 Å². The van der Waals surface area contributed by atoms with E-state index >= 15 is 0 Å². The van der Waals surface area contributed by atoms with E-state index < -0.39 is 18.4 Å². The Morgan fingerprint density at radius 1 is 0.403 bits per heavy atom. The zero-order valence-electron chi connectivity index (χ0n) is 82.0. The van der Waals surface area contributed by atoms with Crippen LogP contribution in [0.15, 0.2) is 285 Å². The van der Waals surface area contributed by atoms with Crippen LogP contribution >= 0.6 is 11.3 Å². The summed E-state index contributed by atoms with van der Waals surface area (Å²) in [6.07, 6.45) is 12.3. The molecular weight excluding hydrogens is 1840 g/mol. The summed E-state index contributed by atoms with van der Waals surface area (Å²) in [4.78, 5) is 90.0. The normalized spacial score (nSPS) is 15.7. The number of alkyl halides is 3. The maximum absolute atomic E-state index is 13.2. The number of ether oxygens (including phenoxy) is 4. The molecule has 32 heteroatoms. The number of methoxy groups -OCH3 is 2. The van der Waals surface area contributed by atoms with Crippen LogP contribution in [0.2, 0.25) is 0 Å². The molecule has 16 aromatic rings. The average Bonchev–Trinajstić information content (AvgIpc) is 1.06. The maximum atomic E-state index is 13.2. The number of carboxylic acids is 1. The maximum Gasteiger partial charge on any atom is 0.573 e. The highest BCUT2D eigenvalue weighted by Crippen LogP contribution is 2.44. The largest absolute Gasteiger partial charge is 0.573 e. The van der Waals surface area contributed by atoms with Crippen molar-refractivity contribution in [3.05, 3.63) is 314 Å². The number of carboxylic acid groups (broad SMARTS) is 1.